The maximum atomic E-state index is 14.0. The molecule has 9 heteroatoms. The van der Waals surface area contributed by atoms with E-state index in [1.54, 1.807) is 6.20 Å². The van der Waals surface area contributed by atoms with Gasteiger partial charge in [0, 0.05) is 30.5 Å². The highest BCUT2D eigenvalue weighted by Crippen LogP contribution is 2.31. The summed E-state index contributed by atoms with van der Waals surface area (Å²) in [6, 6.07) is 26.2. The molecule has 1 aromatic heterocycles. The van der Waals surface area contributed by atoms with Gasteiger partial charge in [0.2, 0.25) is 5.91 Å². The monoisotopic (exact) mass is 567 g/mol. The first-order chi connectivity index (χ1) is 20.5. The van der Waals surface area contributed by atoms with Gasteiger partial charge < -0.3 is 30.4 Å². The zero-order valence-corrected chi connectivity index (χ0v) is 23.9. The van der Waals surface area contributed by atoms with Gasteiger partial charge in [-0.2, -0.15) is 0 Å². The molecule has 3 atom stereocenters. The second kappa shape index (κ2) is 13.5. The molecule has 3 aromatic carbocycles. The Kier molecular flexibility index (Phi) is 9.31. The van der Waals surface area contributed by atoms with Gasteiger partial charge in [0.1, 0.15) is 11.9 Å². The number of imidazole rings is 1. The van der Waals surface area contributed by atoms with Crippen molar-refractivity contribution in [3.8, 4) is 0 Å². The minimum Gasteiger partial charge on any atom is -0.453 e. The number of H-pyrrole nitrogens is 1. The van der Waals surface area contributed by atoms with E-state index in [0.29, 0.717) is 25.3 Å². The van der Waals surface area contributed by atoms with Crippen molar-refractivity contribution in [3.05, 3.63) is 120 Å². The van der Waals surface area contributed by atoms with Crippen molar-refractivity contribution in [3.63, 3.8) is 0 Å². The van der Waals surface area contributed by atoms with E-state index < -0.39 is 18.1 Å². The van der Waals surface area contributed by atoms with Gasteiger partial charge in [-0.25, -0.2) is 9.78 Å². The molecule has 0 aliphatic carbocycles. The quantitative estimate of drug-likeness (QED) is 0.215. The average molecular weight is 568 g/mol. The number of hydrogen-bond acceptors (Lipinski definition) is 6. The highest BCUT2D eigenvalue weighted by molar-refractivity contribution is 5.98. The molecule has 1 aliphatic rings. The lowest BCUT2D eigenvalue weighted by atomic mass is 9.84. The van der Waals surface area contributed by atoms with E-state index in [1.807, 2.05) is 91.1 Å². The molecule has 1 unspecified atom stereocenters. The lowest BCUT2D eigenvalue weighted by molar-refractivity contribution is -0.118. The molecule has 0 radical (unpaired) electrons. The minimum atomic E-state index is -0.933. The summed E-state index contributed by atoms with van der Waals surface area (Å²) in [5.41, 5.74) is 3.10. The van der Waals surface area contributed by atoms with Crippen LogP contribution in [0.15, 0.2) is 97.3 Å². The van der Waals surface area contributed by atoms with E-state index in [4.69, 9.17) is 9.47 Å². The minimum absolute atomic E-state index is 0.0288. The number of methoxy groups -OCH3 is 1. The van der Waals surface area contributed by atoms with Crippen LogP contribution in [0.1, 0.15) is 47.8 Å². The van der Waals surface area contributed by atoms with Crippen molar-refractivity contribution in [1.29, 1.82) is 0 Å². The van der Waals surface area contributed by atoms with Gasteiger partial charge in [-0.3, -0.25) is 4.79 Å². The topological polar surface area (TPSA) is 117 Å². The largest absolute Gasteiger partial charge is 0.453 e. The van der Waals surface area contributed by atoms with E-state index in [1.165, 1.54) is 7.11 Å². The zero-order chi connectivity index (χ0) is 29.4. The number of amides is 2. The number of aromatic amines is 1. The smallest absolute Gasteiger partial charge is 0.407 e. The third-order valence-electron chi connectivity index (χ3n) is 7.76. The Bertz CT molecular complexity index is 1400. The van der Waals surface area contributed by atoms with Crippen LogP contribution in [0.2, 0.25) is 0 Å². The number of carbonyl (C=O) groups excluding carboxylic acids is 2. The molecular weight excluding hydrogens is 530 g/mol. The lowest BCUT2D eigenvalue weighted by Gasteiger charge is -2.38. The van der Waals surface area contributed by atoms with Crippen LogP contribution in [0, 0.1) is 0 Å². The first kappa shape index (κ1) is 29.0. The van der Waals surface area contributed by atoms with Gasteiger partial charge in [-0.1, -0.05) is 78.9 Å². The molecule has 2 heterocycles. The predicted molar refractivity (Wildman–Crippen MR) is 161 cm³/mol. The molecule has 1 aliphatic heterocycles. The second-order valence-electron chi connectivity index (χ2n) is 10.7. The van der Waals surface area contributed by atoms with Crippen molar-refractivity contribution in [2.75, 3.05) is 25.6 Å². The number of ether oxygens (including phenoxy) is 2. The van der Waals surface area contributed by atoms with Crippen LogP contribution < -0.4 is 16.0 Å². The summed E-state index contributed by atoms with van der Waals surface area (Å²) in [7, 11) is 1.29. The molecule has 4 N–H and O–H groups in total. The summed E-state index contributed by atoms with van der Waals surface area (Å²) >= 11 is 0. The third-order valence-corrected chi connectivity index (χ3v) is 7.76. The Hall–Kier alpha value is -4.47. The first-order valence-corrected chi connectivity index (χ1v) is 14.2. The van der Waals surface area contributed by atoms with Crippen molar-refractivity contribution >= 4 is 17.7 Å². The Morgan fingerprint density at radius 2 is 1.69 bits per heavy atom. The predicted octanol–water partition coefficient (Wildman–Crippen LogP) is 4.96. The normalized spacial score (nSPS) is 19.2. The number of para-hydroxylation sites is 1. The maximum Gasteiger partial charge on any atom is 0.407 e. The second-order valence-corrected chi connectivity index (χ2v) is 10.7. The van der Waals surface area contributed by atoms with Crippen LogP contribution in [-0.2, 0) is 20.7 Å². The Labute approximate surface area is 246 Å². The van der Waals surface area contributed by atoms with Crippen LogP contribution >= 0.6 is 0 Å². The molecule has 0 bridgehead atoms. The van der Waals surface area contributed by atoms with E-state index in [-0.39, 0.29) is 17.6 Å². The molecule has 0 spiro atoms. The number of hydrogen-bond donors (Lipinski definition) is 4. The molecule has 2 amide bonds. The summed E-state index contributed by atoms with van der Waals surface area (Å²) in [6.07, 6.45) is 4.31. The fourth-order valence-electron chi connectivity index (χ4n) is 5.39. The van der Waals surface area contributed by atoms with E-state index >= 15 is 0 Å². The lowest BCUT2D eigenvalue weighted by Crippen LogP contribution is -2.49. The van der Waals surface area contributed by atoms with Gasteiger partial charge >= 0.3 is 6.09 Å². The van der Waals surface area contributed by atoms with Crippen molar-refractivity contribution in [1.82, 2.24) is 20.6 Å². The molecule has 1 saturated heterocycles. The fourth-order valence-corrected chi connectivity index (χ4v) is 5.39. The summed E-state index contributed by atoms with van der Waals surface area (Å²) in [6.45, 7) is 3.29. The standard InChI is InChI=1S/C33H37N5O4/c1-33(22-36-27(21-42-33)30-34-19-20-35-30)18-17-23-11-9-10-16-26(23)37-31(39)29(38-32(40)41-2)28(24-12-5-3-6-13-24)25-14-7-4-8-15-25/h3-16,19-20,27-29,36H,17-18,21-22H2,1-2H3,(H,34,35)(H,37,39)(H,38,40)/t27-,29-,33?/m0/s1. The SMILES string of the molecule is COC(=O)N[C@H](C(=O)Nc1ccccc1CCC1(C)CN[C@H](c2ncc[nH]2)CO1)C(c1ccccc1)c1ccccc1. The first-order valence-electron chi connectivity index (χ1n) is 14.2. The average Bonchev–Trinajstić information content (AvgIpc) is 3.57. The Morgan fingerprint density at radius 3 is 2.29 bits per heavy atom. The van der Waals surface area contributed by atoms with Crippen LogP contribution in [0.4, 0.5) is 10.5 Å². The van der Waals surface area contributed by atoms with Gasteiger partial charge in [0.25, 0.3) is 0 Å². The van der Waals surface area contributed by atoms with E-state index in [0.717, 1.165) is 28.9 Å². The van der Waals surface area contributed by atoms with Crippen molar-refractivity contribution < 1.29 is 19.1 Å². The van der Waals surface area contributed by atoms with Gasteiger partial charge in [0.15, 0.2) is 0 Å². The summed E-state index contributed by atoms with van der Waals surface area (Å²) in [4.78, 5) is 34.0. The highest BCUT2D eigenvalue weighted by atomic mass is 16.5. The molecular formula is C33H37N5O4. The fraction of sp³-hybridized carbons (Fsp3) is 0.303. The summed E-state index contributed by atoms with van der Waals surface area (Å²) < 4.78 is 11.2. The molecule has 9 nitrogen and oxygen atoms in total. The van der Waals surface area contributed by atoms with Crippen LogP contribution in [0.5, 0.6) is 0 Å². The van der Waals surface area contributed by atoms with Crippen LogP contribution in [0.25, 0.3) is 0 Å². The summed E-state index contributed by atoms with van der Waals surface area (Å²) in [5, 5.41) is 9.44. The molecule has 4 aromatic rings. The number of carbonyl (C=O) groups is 2. The Balaban J connectivity index is 1.33. The molecule has 5 rings (SSSR count). The number of rotatable bonds is 10. The van der Waals surface area contributed by atoms with E-state index in [9.17, 15) is 9.59 Å². The number of anilines is 1. The van der Waals surface area contributed by atoms with Crippen LogP contribution in [-0.4, -0.2) is 53.9 Å². The maximum absolute atomic E-state index is 14.0. The Morgan fingerprint density at radius 1 is 1.02 bits per heavy atom. The van der Waals surface area contributed by atoms with Crippen molar-refractivity contribution in [2.45, 2.75) is 43.4 Å². The number of aromatic nitrogens is 2. The van der Waals surface area contributed by atoms with Gasteiger partial charge in [-0.15, -0.1) is 0 Å². The number of benzene rings is 3. The number of morpholine rings is 1. The number of aryl methyl sites for hydroxylation is 1. The molecule has 0 saturated carbocycles. The van der Waals surface area contributed by atoms with Crippen LogP contribution in [0.3, 0.4) is 0 Å². The molecule has 42 heavy (non-hydrogen) atoms. The van der Waals surface area contributed by atoms with Crippen molar-refractivity contribution in [2.24, 2.45) is 0 Å². The third kappa shape index (κ3) is 7.05. The highest BCUT2D eigenvalue weighted by Gasteiger charge is 2.35. The molecule has 1 fully saturated rings. The number of alkyl carbamates (subject to hydrolysis) is 1. The molecule has 218 valence electrons. The van der Waals surface area contributed by atoms with E-state index in [2.05, 4.69) is 32.8 Å². The number of nitrogens with zero attached hydrogens (tertiary/aromatic N) is 1. The number of nitrogens with one attached hydrogen (secondary N) is 4. The summed E-state index contributed by atoms with van der Waals surface area (Å²) in [5.74, 6) is 0.0829. The van der Waals surface area contributed by atoms with Gasteiger partial charge in [0.05, 0.1) is 25.4 Å². The van der Waals surface area contributed by atoms with Gasteiger partial charge in [-0.05, 0) is 42.5 Å². The zero-order valence-electron chi connectivity index (χ0n) is 23.9.